The Balaban J connectivity index is 2.86. The summed E-state index contributed by atoms with van der Waals surface area (Å²) in [6, 6.07) is 9.39. The third kappa shape index (κ3) is 2.71. The lowest BCUT2D eigenvalue weighted by molar-refractivity contribution is -0.465. The molecular weight excluding hydrogens is 166 g/mol. The first kappa shape index (κ1) is 9.45. The van der Waals surface area contributed by atoms with Gasteiger partial charge in [-0.2, -0.15) is 0 Å². The predicted molar refractivity (Wildman–Crippen MR) is 52.0 cm³/mol. The zero-order chi connectivity index (χ0) is 9.68. The van der Waals surface area contributed by atoms with Gasteiger partial charge in [-0.05, 0) is 12.5 Å². The van der Waals surface area contributed by atoms with E-state index in [9.17, 15) is 10.1 Å². The minimum Gasteiger partial charge on any atom is -0.264 e. The van der Waals surface area contributed by atoms with Crippen LogP contribution in [-0.4, -0.2) is 11.5 Å². The topological polar surface area (TPSA) is 43.1 Å². The number of allylic oxidation sites excluding steroid dienone is 1. The van der Waals surface area contributed by atoms with E-state index in [-0.39, 0.29) is 11.5 Å². The van der Waals surface area contributed by atoms with Gasteiger partial charge in [0.25, 0.3) is 0 Å². The van der Waals surface area contributed by atoms with Crippen LogP contribution in [0, 0.1) is 10.1 Å². The second-order valence-electron chi connectivity index (χ2n) is 2.67. The lowest BCUT2D eigenvalue weighted by Crippen LogP contribution is -2.02. The summed E-state index contributed by atoms with van der Waals surface area (Å²) in [7, 11) is 0. The van der Waals surface area contributed by atoms with E-state index in [4.69, 9.17) is 0 Å². The van der Waals surface area contributed by atoms with Crippen molar-refractivity contribution in [2.75, 3.05) is 6.54 Å². The van der Waals surface area contributed by atoms with Crippen LogP contribution in [0.1, 0.15) is 12.5 Å². The number of hydrogen-bond acceptors (Lipinski definition) is 2. The highest BCUT2D eigenvalue weighted by Gasteiger charge is 2.05. The van der Waals surface area contributed by atoms with Gasteiger partial charge in [-0.15, -0.1) is 0 Å². The largest absolute Gasteiger partial charge is 0.264 e. The number of benzene rings is 1. The molecule has 0 atom stereocenters. The van der Waals surface area contributed by atoms with Crippen LogP contribution >= 0.6 is 0 Å². The van der Waals surface area contributed by atoms with Crippen LogP contribution in [0.4, 0.5) is 0 Å². The molecule has 0 aliphatic heterocycles. The van der Waals surface area contributed by atoms with E-state index in [1.807, 2.05) is 37.3 Å². The van der Waals surface area contributed by atoms with Gasteiger partial charge >= 0.3 is 0 Å². The van der Waals surface area contributed by atoms with Gasteiger partial charge in [0.05, 0.1) is 0 Å². The lowest BCUT2D eigenvalue weighted by Gasteiger charge is -2.00. The van der Waals surface area contributed by atoms with E-state index < -0.39 is 0 Å². The summed E-state index contributed by atoms with van der Waals surface area (Å²) >= 11 is 0. The van der Waals surface area contributed by atoms with Gasteiger partial charge < -0.3 is 0 Å². The highest BCUT2D eigenvalue weighted by molar-refractivity contribution is 5.65. The summed E-state index contributed by atoms with van der Waals surface area (Å²) in [5.41, 5.74) is 1.67. The highest BCUT2D eigenvalue weighted by Crippen LogP contribution is 2.13. The molecule has 0 fully saturated rings. The molecule has 0 unspecified atom stereocenters. The molecule has 0 bridgehead atoms. The molecule has 0 saturated carbocycles. The Bertz CT molecular complexity index is 317. The molecule has 1 aromatic carbocycles. The van der Waals surface area contributed by atoms with E-state index in [0.29, 0.717) is 0 Å². The summed E-state index contributed by atoms with van der Waals surface area (Å²) in [6.45, 7) is 1.70. The van der Waals surface area contributed by atoms with E-state index >= 15 is 0 Å². The maximum Gasteiger partial charge on any atom is 0.229 e. The summed E-state index contributed by atoms with van der Waals surface area (Å²) in [5, 5.41) is 10.3. The quantitative estimate of drug-likeness (QED) is 0.525. The van der Waals surface area contributed by atoms with E-state index in [0.717, 1.165) is 11.1 Å². The Kier molecular flexibility index (Phi) is 3.20. The fourth-order valence-electron chi connectivity index (χ4n) is 1.14. The maximum atomic E-state index is 10.3. The molecule has 68 valence electrons. The van der Waals surface area contributed by atoms with Crippen LogP contribution in [0.5, 0.6) is 0 Å². The molecule has 0 N–H and O–H groups in total. The number of nitrogens with zero attached hydrogens (tertiary/aromatic N) is 1. The molecule has 0 amide bonds. The predicted octanol–water partition coefficient (Wildman–Crippen LogP) is 2.37. The van der Waals surface area contributed by atoms with Gasteiger partial charge in [-0.3, -0.25) is 10.1 Å². The van der Waals surface area contributed by atoms with Gasteiger partial charge in [-0.1, -0.05) is 36.4 Å². The van der Waals surface area contributed by atoms with Crippen molar-refractivity contribution in [2.24, 2.45) is 0 Å². The first-order valence-electron chi connectivity index (χ1n) is 4.06. The van der Waals surface area contributed by atoms with Gasteiger partial charge in [0.2, 0.25) is 6.54 Å². The molecule has 0 radical (unpaired) electrons. The first-order chi connectivity index (χ1) is 6.24. The van der Waals surface area contributed by atoms with Crippen molar-refractivity contribution in [3.63, 3.8) is 0 Å². The normalized spacial score (nSPS) is 11.3. The van der Waals surface area contributed by atoms with Crippen LogP contribution in [0.25, 0.3) is 5.57 Å². The number of rotatable bonds is 3. The summed E-state index contributed by atoms with van der Waals surface area (Å²) in [6.07, 6.45) is 1.78. The van der Waals surface area contributed by atoms with Crippen LogP contribution in [-0.2, 0) is 0 Å². The van der Waals surface area contributed by atoms with Crippen LogP contribution in [0.15, 0.2) is 36.4 Å². The van der Waals surface area contributed by atoms with Gasteiger partial charge in [0.1, 0.15) is 0 Å². The standard InChI is InChI=1S/C10H11NO2/c1-2-9(8-11(12)13)10-6-4-3-5-7-10/h2-7H,8H2,1H3/b9-2-. The number of hydrogen-bond donors (Lipinski definition) is 0. The van der Waals surface area contributed by atoms with Crippen molar-refractivity contribution in [2.45, 2.75) is 6.92 Å². The Labute approximate surface area is 76.9 Å². The summed E-state index contributed by atoms with van der Waals surface area (Å²) < 4.78 is 0. The third-order valence-corrected chi connectivity index (χ3v) is 1.79. The fourth-order valence-corrected chi connectivity index (χ4v) is 1.14. The Hall–Kier alpha value is -1.64. The zero-order valence-electron chi connectivity index (χ0n) is 7.43. The fraction of sp³-hybridized carbons (Fsp3) is 0.200. The van der Waals surface area contributed by atoms with Crippen LogP contribution in [0.3, 0.4) is 0 Å². The van der Waals surface area contributed by atoms with Crippen molar-refractivity contribution in [3.8, 4) is 0 Å². The smallest absolute Gasteiger partial charge is 0.229 e. The van der Waals surface area contributed by atoms with Crippen molar-refractivity contribution >= 4 is 5.57 Å². The van der Waals surface area contributed by atoms with Crippen LogP contribution in [0.2, 0.25) is 0 Å². The minimum atomic E-state index is -0.317. The van der Waals surface area contributed by atoms with Crippen molar-refractivity contribution in [1.82, 2.24) is 0 Å². The lowest BCUT2D eigenvalue weighted by atomic mass is 10.1. The maximum absolute atomic E-state index is 10.3. The van der Waals surface area contributed by atoms with Crippen molar-refractivity contribution in [1.29, 1.82) is 0 Å². The van der Waals surface area contributed by atoms with Gasteiger partial charge in [-0.25, -0.2) is 0 Å². The Morgan fingerprint density at radius 1 is 1.46 bits per heavy atom. The van der Waals surface area contributed by atoms with Crippen LogP contribution < -0.4 is 0 Å². The average Bonchev–Trinajstić information content (AvgIpc) is 2.15. The molecule has 1 aromatic rings. The zero-order valence-corrected chi connectivity index (χ0v) is 7.43. The second-order valence-corrected chi connectivity index (χ2v) is 2.67. The van der Waals surface area contributed by atoms with Crippen molar-refractivity contribution < 1.29 is 4.92 Å². The molecule has 1 rings (SSSR count). The minimum absolute atomic E-state index is 0.111. The van der Waals surface area contributed by atoms with Gasteiger partial charge in [0, 0.05) is 10.5 Å². The Morgan fingerprint density at radius 2 is 2.08 bits per heavy atom. The molecule has 0 aliphatic carbocycles. The number of nitro groups is 1. The molecule has 0 saturated heterocycles. The third-order valence-electron chi connectivity index (χ3n) is 1.79. The highest BCUT2D eigenvalue weighted by atomic mass is 16.6. The molecule has 3 nitrogen and oxygen atoms in total. The molecule has 0 spiro atoms. The average molecular weight is 177 g/mol. The van der Waals surface area contributed by atoms with Gasteiger partial charge in [0.15, 0.2) is 0 Å². The monoisotopic (exact) mass is 177 g/mol. The molecule has 0 aromatic heterocycles. The molecule has 13 heavy (non-hydrogen) atoms. The second kappa shape index (κ2) is 4.40. The Morgan fingerprint density at radius 3 is 2.54 bits per heavy atom. The molecule has 0 heterocycles. The molecular formula is C10H11NO2. The molecule has 0 aliphatic rings. The van der Waals surface area contributed by atoms with E-state index in [2.05, 4.69) is 0 Å². The first-order valence-corrected chi connectivity index (χ1v) is 4.06. The summed E-state index contributed by atoms with van der Waals surface area (Å²) in [5.74, 6) is 0. The molecule has 3 heteroatoms. The van der Waals surface area contributed by atoms with E-state index in [1.165, 1.54) is 0 Å². The SMILES string of the molecule is C/C=C(/C[N+](=O)[O-])c1ccccc1. The van der Waals surface area contributed by atoms with Crippen molar-refractivity contribution in [3.05, 3.63) is 52.1 Å². The van der Waals surface area contributed by atoms with E-state index in [1.54, 1.807) is 6.08 Å². The summed E-state index contributed by atoms with van der Waals surface area (Å²) in [4.78, 5) is 9.99.